The third-order valence-corrected chi connectivity index (χ3v) is 5.61. The van der Waals surface area contributed by atoms with E-state index in [1.807, 2.05) is 22.7 Å². The standard InChI is InChI=1S/C18H28N4O2/c1-20-10-16(19-14-20)17(23)22-6-2-5-18(12-22)11-21(7-8-24-13-18)9-15-3-4-15/h10,14-15H,2-9,11-13H2,1H3/t18-/m0/s1. The number of aryl methyl sites for hydroxylation is 1. The second-order valence-corrected chi connectivity index (χ2v) is 7.99. The van der Waals surface area contributed by atoms with Crippen molar-refractivity contribution in [1.82, 2.24) is 19.4 Å². The average Bonchev–Trinajstić information content (AvgIpc) is 3.32. The number of hydrogen-bond acceptors (Lipinski definition) is 4. The minimum absolute atomic E-state index is 0.0627. The SMILES string of the molecule is Cn1cnc(C(=O)N2CCC[C@@]3(COCCN(CC4CC4)C3)C2)c1. The number of aromatic nitrogens is 2. The normalized spacial score (nSPS) is 29.0. The first-order valence-electron chi connectivity index (χ1n) is 9.21. The number of imidazole rings is 1. The largest absolute Gasteiger partial charge is 0.379 e. The molecule has 3 aliphatic rings. The first kappa shape index (κ1) is 16.1. The Morgan fingerprint density at radius 2 is 2.25 bits per heavy atom. The van der Waals surface area contributed by atoms with Crippen LogP contribution in [-0.2, 0) is 11.8 Å². The Labute approximate surface area is 143 Å². The van der Waals surface area contributed by atoms with E-state index in [-0.39, 0.29) is 11.3 Å². The fourth-order valence-corrected chi connectivity index (χ4v) is 4.22. The van der Waals surface area contributed by atoms with Gasteiger partial charge in [0.25, 0.3) is 5.91 Å². The molecule has 24 heavy (non-hydrogen) atoms. The summed E-state index contributed by atoms with van der Waals surface area (Å²) in [5.41, 5.74) is 0.646. The minimum atomic E-state index is 0.0627. The van der Waals surface area contributed by atoms with Crippen LogP contribution >= 0.6 is 0 Å². The highest BCUT2D eigenvalue weighted by Crippen LogP contribution is 2.36. The number of amides is 1. The second kappa shape index (κ2) is 6.48. The Bertz CT molecular complexity index is 598. The van der Waals surface area contributed by atoms with Gasteiger partial charge >= 0.3 is 0 Å². The Balaban J connectivity index is 1.46. The maximum absolute atomic E-state index is 12.8. The number of nitrogens with zero attached hydrogens (tertiary/aromatic N) is 4. The van der Waals surface area contributed by atoms with Crippen LogP contribution in [0.4, 0.5) is 0 Å². The van der Waals surface area contributed by atoms with Gasteiger partial charge in [-0.25, -0.2) is 4.98 Å². The molecule has 1 spiro atoms. The van der Waals surface area contributed by atoms with Gasteiger partial charge in [-0.3, -0.25) is 4.79 Å². The highest BCUT2D eigenvalue weighted by molar-refractivity contribution is 5.92. The monoisotopic (exact) mass is 332 g/mol. The van der Waals surface area contributed by atoms with Crippen molar-refractivity contribution in [3.8, 4) is 0 Å². The van der Waals surface area contributed by atoms with Crippen molar-refractivity contribution in [2.45, 2.75) is 25.7 Å². The molecule has 1 amide bonds. The van der Waals surface area contributed by atoms with Crippen molar-refractivity contribution in [2.24, 2.45) is 18.4 Å². The molecule has 3 fully saturated rings. The average molecular weight is 332 g/mol. The molecule has 1 aromatic rings. The van der Waals surface area contributed by atoms with E-state index < -0.39 is 0 Å². The van der Waals surface area contributed by atoms with Gasteiger partial charge in [0.05, 0.1) is 19.5 Å². The summed E-state index contributed by atoms with van der Waals surface area (Å²) in [6.45, 7) is 6.54. The zero-order valence-electron chi connectivity index (χ0n) is 14.6. The smallest absolute Gasteiger partial charge is 0.274 e. The van der Waals surface area contributed by atoms with Crippen LogP contribution in [0.3, 0.4) is 0 Å². The Hall–Kier alpha value is -1.40. The van der Waals surface area contributed by atoms with Crippen molar-refractivity contribution < 1.29 is 9.53 Å². The van der Waals surface area contributed by atoms with E-state index in [1.165, 1.54) is 19.4 Å². The number of carbonyl (C=O) groups excluding carboxylic acids is 1. The predicted molar refractivity (Wildman–Crippen MR) is 90.8 cm³/mol. The van der Waals surface area contributed by atoms with E-state index >= 15 is 0 Å². The fraction of sp³-hybridized carbons (Fsp3) is 0.778. The molecular weight excluding hydrogens is 304 g/mol. The molecule has 1 aromatic heterocycles. The van der Waals surface area contributed by atoms with Crippen molar-refractivity contribution in [3.05, 3.63) is 18.2 Å². The number of likely N-dealkylation sites (tertiary alicyclic amines) is 1. The van der Waals surface area contributed by atoms with Gasteiger partial charge < -0.3 is 19.1 Å². The maximum atomic E-state index is 12.8. The van der Waals surface area contributed by atoms with Gasteiger partial charge in [0.15, 0.2) is 0 Å². The summed E-state index contributed by atoms with van der Waals surface area (Å²) in [7, 11) is 1.90. The summed E-state index contributed by atoms with van der Waals surface area (Å²) in [6.07, 6.45) is 8.48. The molecule has 3 heterocycles. The van der Waals surface area contributed by atoms with Gasteiger partial charge in [0.2, 0.25) is 0 Å². The summed E-state index contributed by atoms with van der Waals surface area (Å²) in [5.74, 6) is 0.961. The molecule has 0 N–H and O–H groups in total. The molecular formula is C18H28N4O2. The molecule has 4 rings (SSSR count). The van der Waals surface area contributed by atoms with Crippen LogP contribution in [0.2, 0.25) is 0 Å². The molecule has 2 saturated heterocycles. The second-order valence-electron chi connectivity index (χ2n) is 7.99. The van der Waals surface area contributed by atoms with Crippen LogP contribution < -0.4 is 0 Å². The number of piperidine rings is 1. The van der Waals surface area contributed by atoms with Gasteiger partial charge in [0, 0.05) is 51.4 Å². The molecule has 6 heteroatoms. The zero-order valence-corrected chi connectivity index (χ0v) is 14.6. The van der Waals surface area contributed by atoms with Crippen molar-refractivity contribution in [3.63, 3.8) is 0 Å². The van der Waals surface area contributed by atoms with Gasteiger partial charge in [-0.1, -0.05) is 0 Å². The van der Waals surface area contributed by atoms with Crippen LogP contribution in [-0.4, -0.2) is 71.2 Å². The van der Waals surface area contributed by atoms with Crippen molar-refractivity contribution in [2.75, 3.05) is 45.9 Å². The molecule has 0 aromatic carbocycles. The number of carbonyl (C=O) groups is 1. The van der Waals surface area contributed by atoms with E-state index in [9.17, 15) is 4.79 Å². The molecule has 2 aliphatic heterocycles. The Morgan fingerprint density at radius 3 is 3.00 bits per heavy atom. The van der Waals surface area contributed by atoms with E-state index in [0.29, 0.717) is 5.69 Å². The first-order valence-corrected chi connectivity index (χ1v) is 9.21. The lowest BCUT2D eigenvalue weighted by molar-refractivity contribution is 0.00696. The van der Waals surface area contributed by atoms with E-state index in [1.54, 1.807) is 6.33 Å². The third-order valence-electron chi connectivity index (χ3n) is 5.61. The predicted octanol–water partition coefficient (Wildman–Crippen LogP) is 1.38. The molecule has 0 bridgehead atoms. The maximum Gasteiger partial charge on any atom is 0.274 e. The first-order chi connectivity index (χ1) is 11.6. The molecule has 1 saturated carbocycles. The van der Waals surface area contributed by atoms with Crippen LogP contribution in [0.25, 0.3) is 0 Å². The van der Waals surface area contributed by atoms with Crippen LogP contribution in [0, 0.1) is 11.3 Å². The topological polar surface area (TPSA) is 50.6 Å². The Kier molecular flexibility index (Phi) is 4.35. The summed E-state index contributed by atoms with van der Waals surface area (Å²) in [5, 5.41) is 0. The van der Waals surface area contributed by atoms with Crippen LogP contribution in [0.15, 0.2) is 12.5 Å². The van der Waals surface area contributed by atoms with E-state index in [0.717, 1.165) is 58.2 Å². The van der Waals surface area contributed by atoms with Gasteiger partial charge in [-0.2, -0.15) is 0 Å². The molecule has 0 unspecified atom stereocenters. The lowest BCUT2D eigenvalue weighted by Gasteiger charge is -2.43. The van der Waals surface area contributed by atoms with Crippen LogP contribution in [0.1, 0.15) is 36.2 Å². The van der Waals surface area contributed by atoms with Gasteiger partial charge in [-0.15, -0.1) is 0 Å². The minimum Gasteiger partial charge on any atom is -0.379 e. The van der Waals surface area contributed by atoms with Gasteiger partial charge in [-0.05, 0) is 31.6 Å². The quantitative estimate of drug-likeness (QED) is 0.839. The fourth-order valence-electron chi connectivity index (χ4n) is 4.22. The van der Waals surface area contributed by atoms with Crippen molar-refractivity contribution >= 4 is 5.91 Å². The molecule has 132 valence electrons. The zero-order chi connectivity index (χ0) is 16.6. The molecule has 1 aliphatic carbocycles. The summed E-state index contributed by atoms with van der Waals surface area (Å²) in [6, 6.07) is 0. The van der Waals surface area contributed by atoms with Crippen LogP contribution in [0.5, 0.6) is 0 Å². The van der Waals surface area contributed by atoms with E-state index in [2.05, 4.69) is 9.88 Å². The number of hydrogen-bond donors (Lipinski definition) is 0. The lowest BCUT2D eigenvalue weighted by Crippen LogP contribution is -2.52. The molecule has 0 radical (unpaired) electrons. The van der Waals surface area contributed by atoms with Gasteiger partial charge in [0.1, 0.15) is 5.69 Å². The Morgan fingerprint density at radius 1 is 1.38 bits per heavy atom. The summed E-state index contributed by atoms with van der Waals surface area (Å²) < 4.78 is 7.79. The lowest BCUT2D eigenvalue weighted by atomic mass is 9.80. The molecule has 6 nitrogen and oxygen atoms in total. The summed E-state index contributed by atoms with van der Waals surface area (Å²) >= 11 is 0. The highest BCUT2D eigenvalue weighted by Gasteiger charge is 2.41. The highest BCUT2D eigenvalue weighted by atomic mass is 16.5. The van der Waals surface area contributed by atoms with Crippen molar-refractivity contribution in [1.29, 1.82) is 0 Å². The van der Waals surface area contributed by atoms with E-state index in [4.69, 9.17) is 4.74 Å². The number of ether oxygens (including phenoxy) is 1. The third kappa shape index (κ3) is 3.49. The number of rotatable bonds is 3. The summed E-state index contributed by atoms with van der Waals surface area (Å²) in [4.78, 5) is 21.6. The molecule has 1 atom stereocenters.